The van der Waals surface area contributed by atoms with Crippen molar-refractivity contribution in [1.29, 1.82) is 0 Å². The molecule has 0 bridgehead atoms. The fourth-order valence-electron chi connectivity index (χ4n) is 2.41. The van der Waals surface area contributed by atoms with E-state index in [9.17, 15) is 9.90 Å². The predicted octanol–water partition coefficient (Wildman–Crippen LogP) is 1.44. The number of aromatic nitrogens is 1. The van der Waals surface area contributed by atoms with E-state index in [1.165, 1.54) is 0 Å². The molecule has 1 aromatic carbocycles. The molecule has 0 amide bonds. The summed E-state index contributed by atoms with van der Waals surface area (Å²) in [7, 11) is 0. The van der Waals surface area contributed by atoms with Gasteiger partial charge in [0.25, 0.3) is 0 Å². The minimum Gasteiger partial charge on any atom is -0.481 e. The fraction of sp³-hybridized carbons (Fsp3) is 0.250. The number of carboxylic acids is 1. The average molecular weight is 216 g/mol. The summed E-state index contributed by atoms with van der Waals surface area (Å²) in [6.07, 6.45) is 0. The van der Waals surface area contributed by atoms with Gasteiger partial charge in [-0.15, -0.1) is 0 Å². The van der Waals surface area contributed by atoms with Crippen LogP contribution in [-0.2, 0) is 11.3 Å². The van der Waals surface area contributed by atoms with E-state index < -0.39 is 11.9 Å². The quantitative estimate of drug-likeness (QED) is 0.675. The summed E-state index contributed by atoms with van der Waals surface area (Å²) < 4.78 is 0. The molecule has 1 aromatic heterocycles. The van der Waals surface area contributed by atoms with Crippen LogP contribution in [0.25, 0.3) is 10.9 Å². The number of hydrogen-bond donors (Lipinski definition) is 3. The van der Waals surface area contributed by atoms with Crippen LogP contribution in [0.3, 0.4) is 0 Å². The van der Waals surface area contributed by atoms with E-state index in [2.05, 4.69) is 10.3 Å². The Kier molecular flexibility index (Phi) is 1.97. The first-order valence-corrected chi connectivity index (χ1v) is 5.30. The molecule has 0 saturated heterocycles. The standard InChI is InChI=1S/C12H12N2O2/c15-12(16)8-5-13-6-10-11(8)7-3-1-2-4-9(7)14-10/h1-4,8,13-14H,5-6H2,(H,15,16)/t8-/m0/s1. The Bertz CT molecular complexity index is 559. The van der Waals surface area contributed by atoms with Gasteiger partial charge >= 0.3 is 5.97 Å². The zero-order valence-corrected chi connectivity index (χ0v) is 8.66. The minimum absolute atomic E-state index is 0.445. The molecule has 0 unspecified atom stereocenters. The summed E-state index contributed by atoms with van der Waals surface area (Å²) in [5.41, 5.74) is 2.96. The van der Waals surface area contributed by atoms with Gasteiger partial charge < -0.3 is 15.4 Å². The van der Waals surface area contributed by atoms with Crippen molar-refractivity contribution in [2.45, 2.75) is 12.5 Å². The number of fused-ring (bicyclic) bond motifs is 3. The third kappa shape index (κ3) is 1.23. The molecule has 0 fully saturated rings. The molecule has 16 heavy (non-hydrogen) atoms. The zero-order valence-electron chi connectivity index (χ0n) is 8.66. The molecular formula is C12H12N2O2. The summed E-state index contributed by atoms with van der Waals surface area (Å²) in [6.45, 7) is 1.22. The van der Waals surface area contributed by atoms with Gasteiger partial charge in [0.2, 0.25) is 0 Å². The highest BCUT2D eigenvalue weighted by Crippen LogP contribution is 2.31. The van der Waals surface area contributed by atoms with Crippen molar-refractivity contribution >= 4 is 16.9 Å². The van der Waals surface area contributed by atoms with Gasteiger partial charge in [0.1, 0.15) is 0 Å². The number of aliphatic carboxylic acids is 1. The zero-order chi connectivity index (χ0) is 11.1. The summed E-state index contributed by atoms with van der Waals surface area (Å²) in [6, 6.07) is 7.85. The average Bonchev–Trinajstić information content (AvgIpc) is 2.66. The van der Waals surface area contributed by atoms with Crippen molar-refractivity contribution in [1.82, 2.24) is 10.3 Å². The Morgan fingerprint density at radius 3 is 3.00 bits per heavy atom. The number of H-pyrrole nitrogens is 1. The van der Waals surface area contributed by atoms with Gasteiger partial charge in [0.05, 0.1) is 5.92 Å². The highest BCUT2D eigenvalue weighted by Gasteiger charge is 2.29. The normalized spacial score (nSPS) is 19.6. The minimum atomic E-state index is -0.766. The Morgan fingerprint density at radius 2 is 2.19 bits per heavy atom. The lowest BCUT2D eigenvalue weighted by Gasteiger charge is -2.20. The lowest BCUT2D eigenvalue weighted by molar-refractivity contribution is -0.138. The Balaban J connectivity index is 2.28. The van der Waals surface area contributed by atoms with Crippen molar-refractivity contribution in [3.8, 4) is 0 Å². The van der Waals surface area contributed by atoms with Crippen molar-refractivity contribution in [3.05, 3.63) is 35.5 Å². The highest BCUT2D eigenvalue weighted by atomic mass is 16.4. The van der Waals surface area contributed by atoms with Crippen molar-refractivity contribution in [2.75, 3.05) is 6.54 Å². The molecule has 1 aliphatic rings. The van der Waals surface area contributed by atoms with Crippen LogP contribution in [-0.4, -0.2) is 22.6 Å². The number of nitrogens with one attached hydrogen (secondary N) is 2. The van der Waals surface area contributed by atoms with Crippen molar-refractivity contribution in [3.63, 3.8) is 0 Å². The topological polar surface area (TPSA) is 65.1 Å². The molecule has 1 atom stereocenters. The van der Waals surface area contributed by atoms with Crippen LogP contribution in [0.15, 0.2) is 24.3 Å². The van der Waals surface area contributed by atoms with Crippen LogP contribution >= 0.6 is 0 Å². The molecule has 0 aliphatic carbocycles. The van der Waals surface area contributed by atoms with E-state index in [0.29, 0.717) is 13.1 Å². The molecule has 2 heterocycles. The number of carboxylic acid groups (broad SMARTS) is 1. The Hall–Kier alpha value is -1.81. The molecule has 1 aliphatic heterocycles. The molecule has 0 radical (unpaired) electrons. The van der Waals surface area contributed by atoms with E-state index >= 15 is 0 Å². The first-order chi connectivity index (χ1) is 7.77. The number of carbonyl (C=O) groups is 1. The second-order valence-electron chi connectivity index (χ2n) is 4.08. The molecule has 82 valence electrons. The number of rotatable bonds is 1. The third-order valence-electron chi connectivity index (χ3n) is 3.12. The smallest absolute Gasteiger partial charge is 0.312 e. The Morgan fingerprint density at radius 1 is 1.38 bits per heavy atom. The van der Waals surface area contributed by atoms with Gasteiger partial charge in [-0.3, -0.25) is 4.79 Å². The van der Waals surface area contributed by atoms with E-state index in [-0.39, 0.29) is 0 Å². The largest absolute Gasteiger partial charge is 0.481 e. The molecule has 3 rings (SSSR count). The number of para-hydroxylation sites is 1. The first-order valence-electron chi connectivity index (χ1n) is 5.30. The number of benzene rings is 1. The monoisotopic (exact) mass is 216 g/mol. The van der Waals surface area contributed by atoms with Gasteiger partial charge in [-0.1, -0.05) is 18.2 Å². The van der Waals surface area contributed by atoms with Crippen LogP contribution in [0, 0.1) is 0 Å². The van der Waals surface area contributed by atoms with Crippen LogP contribution in [0.2, 0.25) is 0 Å². The van der Waals surface area contributed by atoms with E-state index in [1.54, 1.807) is 0 Å². The molecule has 4 heteroatoms. The van der Waals surface area contributed by atoms with Gasteiger partial charge in [-0.05, 0) is 11.6 Å². The van der Waals surface area contributed by atoms with Crippen molar-refractivity contribution in [2.24, 2.45) is 0 Å². The van der Waals surface area contributed by atoms with Crippen molar-refractivity contribution < 1.29 is 9.90 Å². The number of aromatic amines is 1. The summed E-state index contributed by atoms with van der Waals surface area (Å²) in [5.74, 6) is -1.21. The molecule has 0 saturated carbocycles. The summed E-state index contributed by atoms with van der Waals surface area (Å²) in [5, 5.41) is 13.4. The molecular weight excluding hydrogens is 204 g/mol. The molecule has 0 spiro atoms. The van der Waals surface area contributed by atoms with Gasteiger partial charge in [-0.25, -0.2) is 0 Å². The lowest BCUT2D eigenvalue weighted by Crippen LogP contribution is -2.32. The third-order valence-corrected chi connectivity index (χ3v) is 3.12. The highest BCUT2D eigenvalue weighted by molar-refractivity contribution is 5.91. The maximum atomic E-state index is 11.2. The lowest BCUT2D eigenvalue weighted by atomic mass is 9.93. The van der Waals surface area contributed by atoms with Gasteiger partial charge in [0.15, 0.2) is 0 Å². The van der Waals surface area contributed by atoms with Crippen LogP contribution in [0.4, 0.5) is 0 Å². The maximum Gasteiger partial charge on any atom is 0.312 e. The van der Waals surface area contributed by atoms with E-state index in [4.69, 9.17) is 0 Å². The summed E-state index contributed by atoms with van der Waals surface area (Å²) >= 11 is 0. The van der Waals surface area contributed by atoms with E-state index in [0.717, 1.165) is 22.2 Å². The summed E-state index contributed by atoms with van der Waals surface area (Å²) in [4.78, 5) is 14.5. The maximum absolute atomic E-state index is 11.2. The predicted molar refractivity (Wildman–Crippen MR) is 60.4 cm³/mol. The van der Waals surface area contributed by atoms with Crippen LogP contribution in [0.1, 0.15) is 17.2 Å². The van der Waals surface area contributed by atoms with E-state index in [1.807, 2.05) is 24.3 Å². The Labute approximate surface area is 92.3 Å². The fourth-order valence-corrected chi connectivity index (χ4v) is 2.41. The molecule has 3 N–H and O–H groups in total. The first kappa shape index (κ1) is 9.42. The van der Waals surface area contributed by atoms with Crippen LogP contribution < -0.4 is 5.32 Å². The van der Waals surface area contributed by atoms with Gasteiger partial charge in [-0.2, -0.15) is 0 Å². The second kappa shape index (κ2) is 3.35. The van der Waals surface area contributed by atoms with Crippen LogP contribution in [0.5, 0.6) is 0 Å². The number of hydrogen-bond acceptors (Lipinski definition) is 2. The SMILES string of the molecule is O=C(O)[C@H]1CNCc2[nH]c3ccccc3c21. The van der Waals surface area contributed by atoms with Gasteiger partial charge in [0, 0.05) is 29.7 Å². The molecule has 4 nitrogen and oxygen atoms in total. The second-order valence-corrected chi connectivity index (χ2v) is 4.08. The molecule has 2 aromatic rings.